The quantitative estimate of drug-likeness (QED) is 0.300. The molecule has 3 aromatic rings. The molecule has 0 spiro atoms. The molecular formula is C34H43FN4O3. The van der Waals surface area contributed by atoms with Gasteiger partial charge in [-0.1, -0.05) is 31.2 Å². The Morgan fingerprint density at radius 2 is 1.88 bits per heavy atom. The first kappa shape index (κ1) is 30.0. The second-order valence-corrected chi connectivity index (χ2v) is 11.9. The molecule has 1 amide bonds. The molecule has 3 N–H and O–H groups in total. The normalized spacial score (nSPS) is 20.9. The van der Waals surface area contributed by atoms with Gasteiger partial charge in [0.05, 0.1) is 6.10 Å². The van der Waals surface area contributed by atoms with E-state index in [9.17, 15) is 14.0 Å². The van der Waals surface area contributed by atoms with Crippen molar-refractivity contribution < 1.29 is 13.9 Å². The summed E-state index contributed by atoms with van der Waals surface area (Å²) in [6.07, 6.45) is 2.90. The molecule has 2 unspecified atom stereocenters. The van der Waals surface area contributed by atoms with E-state index in [1.54, 1.807) is 0 Å². The Kier molecular flexibility index (Phi) is 9.43. The standard InChI is InChI=1S/C34H43FN4O3/c1-5-29-17-28(11-13-42-29)38-32-16-26(25-8-6-24(7-9-25)19-39-12-10-27(35)20-39)15-30(23(32)4)33(40)36-18-31-21(2)14-22(3)37-34(31)41/h6-9,14-16,27-29,38H,5,10-13,17-20H2,1-4H3,(H,36,40)(H,37,41)/t27-,28?,29?/m0/s1. The van der Waals surface area contributed by atoms with Crippen molar-refractivity contribution in [2.75, 3.05) is 25.0 Å². The maximum atomic E-state index is 13.6. The highest BCUT2D eigenvalue weighted by molar-refractivity contribution is 5.98. The van der Waals surface area contributed by atoms with Crippen molar-refractivity contribution in [2.24, 2.45) is 0 Å². The van der Waals surface area contributed by atoms with E-state index in [1.807, 2.05) is 32.9 Å². The number of pyridine rings is 1. The lowest BCUT2D eigenvalue weighted by molar-refractivity contribution is 0.00924. The number of halogens is 1. The number of benzene rings is 2. The molecule has 1 aromatic heterocycles. The van der Waals surface area contributed by atoms with Crippen LogP contribution in [-0.4, -0.2) is 53.8 Å². The number of hydrogen-bond donors (Lipinski definition) is 3. The average molecular weight is 575 g/mol. The largest absolute Gasteiger partial charge is 0.382 e. The van der Waals surface area contributed by atoms with E-state index in [0.717, 1.165) is 71.6 Å². The van der Waals surface area contributed by atoms with Crippen LogP contribution in [0.3, 0.4) is 0 Å². The van der Waals surface area contributed by atoms with Crippen LogP contribution >= 0.6 is 0 Å². The molecule has 42 heavy (non-hydrogen) atoms. The Hall–Kier alpha value is -3.49. The summed E-state index contributed by atoms with van der Waals surface area (Å²) >= 11 is 0. The van der Waals surface area contributed by atoms with Crippen molar-refractivity contribution in [3.8, 4) is 11.1 Å². The lowest BCUT2D eigenvalue weighted by Crippen LogP contribution is -2.34. The van der Waals surface area contributed by atoms with Gasteiger partial charge in [-0.05, 0) is 92.5 Å². The first-order valence-electron chi connectivity index (χ1n) is 15.2. The van der Waals surface area contributed by atoms with Crippen LogP contribution < -0.4 is 16.2 Å². The van der Waals surface area contributed by atoms with E-state index < -0.39 is 6.17 Å². The Labute approximate surface area is 247 Å². The molecule has 0 saturated carbocycles. The third-order valence-corrected chi connectivity index (χ3v) is 8.66. The number of aromatic nitrogens is 1. The van der Waals surface area contributed by atoms with Gasteiger partial charge in [0.25, 0.3) is 11.5 Å². The smallest absolute Gasteiger partial charge is 0.253 e. The van der Waals surface area contributed by atoms with Gasteiger partial charge in [-0.25, -0.2) is 4.39 Å². The number of nitrogens with one attached hydrogen (secondary N) is 3. The van der Waals surface area contributed by atoms with Crippen molar-refractivity contribution in [2.45, 2.75) is 84.8 Å². The molecule has 3 heterocycles. The molecule has 5 rings (SSSR count). The van der Waals surface area contributed by atoms with E-state index in [1.165, 1.54) is 0 Å². The average Bonchev–Trinajstić information content (AvgIpc) is 3.38. The third-order valence-electron chi connectivity index (χ3n) is 8.66. The minimum atomic E-state index is -0.732. The number of aryl methyl sites for hydroxylation is 2. The maximum Gasteiger partial charge on any atom is 0.253 e. The van der Waals surface area contributed by atoms with Crippen molar-refractivity contribution in [1.29, 1.82) is 0 Å². The van der Waals surface area contributed by atoms with Crippen LogP contribution in [0.2, 0.25) is 0 Å². The summed E-state index contributed by atoms with van der Waals surface area (Å²) in [5.74, 6) is -0.221. The molecule has 2 fully saturated rings. The number of anilines is 1. The second kappa shape index (κ2) is 13.2. The Morgan fingerprint density at radius 1 is 1.10 bits per heavy atom. The molecule has 0 aliphatic carbocycles. The van der Waals surface area contributed by atoms with Crippen LogP contribution in [0, 0.1) is 20.8 Å². The zero-order chi connectivity index (χ0) is 29.8. The van der Waals surface area contributed by atoms with E-state index in [-0.39, 0.29) is 30.2 Å². The van der Waals surface area contributed by atoms with Crippen LogP contribution in [0.5, 0.6) is 0 Å². The number of H-pyrrole nitrogens is 1. The van der Waals surface area contributed by atoms with Crippen LogP contribution in [-0.2, 0) is 17.8 Å². The summed E-state index contributed by atoms with van der Waals surface area (Å²) in [5.41, 5.74) is 7.49. The van der Waals surface area contributed by atoms with Gasteiger partial charge in [-0.2, -0.15) is 0 Å². The SMILES string of the molecule is CCC1CC(Nc2cc(-c3ccc(CN4CC[C@H](F)C4)cc3)cc(C(=O)NCc3c(C)cc(C)[nH]c3=O)c2C)CCO1. The monoisotopic (exact) mass is 574 g/mol. The van der Waals surface area contributed by atoms with E-state index in [0.29, 0.717) is 30.7 Å². The lowest BCUT2D eigenvalue weighted by atomic mass is 9.95. The molecule has 2 aromatic carbocycles. The fourth-order valence-corrected chi connectivity index (χ4v) is 6.14. The third kappa shape index (κ3) is 7.10. The molecule has 224 valence electrons. The fraction of sp³-hybridized carbons (Fsp3) is 0.471. The summed E-state index contributed by atoms with van der Waals surface area (Å²) in [4.78, 5) is 31.1. The second-order valence-electron chi connectivity index (χ2n) is 11.9. The molecule has 3 atom stereocenters. The Bertz CT molecular complexity index is 1470. The number of carbonyl (C=O) groups is 1. The zero-order valence-electron chi connectivity index (χ0n) is 25.2. The molecule has 0 radical (unpaired) electrons. The predicted octanol–water partition coefficient (Wildman–Crippen LogP) is 5.81. The lowest BCUT2D eigenvalue weighted by Gasteiger charge is -2.31. The number of nitrogens with zero attached hydrogens (tertiary/aromatic N) is 1. The number of rotatable bonds is 9. The van der Waals surface area contributed by atoms with Crippen LogP contribution in [0.25, 0.3) is 11.1 Å². The van der Waals surface area contributed by atoms with Gasteiger partial charge in [-0.15, -0.1) is 0 Å². The van der Waals surface area contributed by atoms with Gasteiger partial charge in [0.2, 0.25) is 0 Å². The molecule has 7 nitrogen and oxygen atoms in total. The minimum Gasteiger partial charge on any atom is -0.382 e. The summed E-state index contributed by atoms with van der Waals surface area (Å²) < 4.78 is 19.5. The summed E-state index contributed by atoms with van der Waals surface area (Å²) in [5, 5.41) is 6.72. The molecule has 2 aliphatic heterocycles. The molecule has 2 saturated heterocycles. The number of amides is 1. The van der Waals surface area contributed by atoms with Gasteiger partial charge < -0.3 is 20.4 Å². The van der Waals surface area contributed by atoms with E-state index in [2.05, 4.69) is 57.8 Å². The molecular weight excluding hydrogens is 531 g/mol. The predicted molar refractivity (Wildman–Crippen MR) is 166 cm³/mol. The number of hydrogen-bond acceptors (Lipinski definition) is 5. The topological polar surface area (TPSA) is 86.5 Å². The number of likely N-dealkylation sites (tertiary alicyclic amines) is 1. The summed E-state index contributed by atoms with van der Waals surface area (Å²) in [7, 11) is 0. The van der Waals surface area contributed by atoms with Crippen molar-refractivity contribution in [1.82, 2.24) is 15.2 Å². The highest BCUT2D eigenvalue weighted by atomic mass is 19.1. The highest BCUT2D eigenvalue weighted by Gasteiger charge is 2.24. The van der Waals surface area contributed by atoms with Crippen molar-refractivity contribution >= 4 is 11.6 Å². The van der Waals surface area contributed by atoms with Gasteiger partial charge in [0, 0.05) is 61.3 Å². The number of aromatic amines is 1. The molecule has 0 bridgehead atoms. The molecule has 8 heteroatoms. The highest BCUT2D eigenvalue weighted by Crippen LogP contribution is 2.31. The number of ether oxygens (including phenoxy) is 1. The van der Waals surface area contributed by atoms with Gasteiger partial charge >= 0.3 is 0 Å². The summed E-state index contributed by atoms with van der Waals surface area (Å²) in [6, 6.07) is 14.6. The molecule has 2 aliphatic rings. The first-order valence-corrected chi connectivity index (χ1v) is 15.2. The Balaban J connectivity index is 1.41. The van der Waals surface area contributed by atoms with Crippen LogP contribution in [0.15, 0.2) is 47.3 Å². The minimum absolute atomic E-state index is 0.149. The van der Waals surface area contributed by atoms with Crippen molar-refractivity contribution in [3.05, 3.63) is 86.3 Å². The van der Waals surface area contributed by atoms with Gasteiger partial charge in [-0.3, -0.25) is 14.5 Å². The van der Waals surface area contributed by atoms with Gasteiger partial charge in [0.1, 0.15) is 6.17 Å². The van der Waals surface area contributed by atoms with Crippen LogP contribution in [0.1, 0.15) is 70.9 Å². The number of alkyl halides is 1. The van der Waals surface area contributed by atoms with Crippen LogP contribution in [0.4, 0.5) is 10.1 Å². The Morgan fingerprint density at radius 3 is 2.57 bits per heavy atom. The van der Waals surface area contributed by atoms with Gasteiger partial charge in [0.15, 0.2) is 0 Å². The van der Waals surface area contributed by atoms with E-state index in [4.69, 9.17) is 4.74 Å². The zero-order valence-corrected chi connectivity index (χ0v) is 25.2. The fourth-order valence-electron chi connectivity index (χ4n) is 6.14. The maximum absolute atomic E-state index is 13.6. The summed E-state index contributed by atoms with van der Waals surface area (Å²) in [6.45, 7) is 10.7. The first-order chi connectivity index (χ1) is 20.2. The number of carbonyl (C=O) groups excluding carboxylic acids is 1. The van der Waals surface area contributed by atoms with E-state index >= 15 is 0 Å². The van der Waals surface area contributed by atoms with Crippen molar-refractivity contribution in [3.63, 3.8) is 0 Å².